The minimum absolute atomic E-state index is 0.104. The fourth-order valence-corrected chi connectivity index (χ4v) is 1.72. The van der Waals surface area contributed by atoms with Gasteiger partial charge in [-0.15, -0.1) is 5.10 Å². The number of hydrazine groups is 1. The minimum atomic E-state index is -0.568. The van der Waals surface area contributed by atoms with Crippen molar-refractivity contribution >= 4 is 11.9 Å². The molecule has 10 nitrogen and oxygen atoms in total. The molecule has 0 bridgehead atoms. The Labute approximate surface area is 125 Å². The highest BCUT2D eigenvalue weighted by molar-refractivity contribution is 5.93. The van der Waals surface area contributed by atoms with Gasteiger partial charge in [-0.25, -0.2) is 15.2 Å². The maximum Gasteiger partial charge on any atom is 0.333 e. The second kappa shape index (κ2) is 6.16. The molecule has 22 heavy (non-hydrogen) atoms. The summed E-state index contributed by atoms with van der Waals surface area (Å²) in [6.45, 7) is 0.187. The largest absolute Gasteiger partial charge is 0.333 e. The number of aromatic amines is 1. The van der Waals surface area contributed by atoms with Gasteiger partial charge in [0, 0.05) is 12.1 Å². The molecule has 114 valence electrons. The molecule has 10 heteroatoms. The van der Waals surface area contributed by atoms with Crippen molar-refractivity contribution in [2.45, 2.75) is 25.3 Å². The molecule has 2 aromatic heterocycles. The summed E-state index contributed by atoms with van der Waals surface area (Å²) in [4.78, 5) is 27.5. The predicted molar refractivity (Wildman–Crippen MR) is 73.2 cm³/mol. The number of nitrogens with one attached hydrogen (secondary N) is 4. The van der Waals surface area contributed by atoms with Crippen LogP contribution in [0, 0.1) is 0 Å². The first kappa shape index (κ1) is 13.9. The predicted octanol–water partition coefficient (Wildman–Crippen LogP) is -0.384. The van der Waals surface area contributed by atoms with Crippen molar-refractivity contribution < 1.29 is 9.59 Å². The Morgan fingerprint density at radius 3 is 2.91 bits per heavy atom. The van der Waals surface area contributed by atoms with Crippen LogP contribution >= 0.6 is 0 Å². The normalized spacial score (nSPS) is 13.5. The molecule has 0 unspecified atom stereocenters. The molecule has 3 rings (SSSR count). The van der Waals surface area contributed by atoms with Crippen LogP contribution in [0.1, 0.15) is 40.9 Å². The van der Waals surface area contributed by atoms with E-state index >= 15 is 0 Å². The number of hydrogen-bond acceptors (Lipinski definition) is 6. The lowest BCUT2D eigenvalue weighted by molar-refractivity contribution is 0.0930. The number of hydrogen-bond donors (Lipinski definition) is 4. The van der Waals surface area contributed by atoms with E-state index in [0.717, 1.165) is 18.7 Å². The number of nitrogens with zero attached hydrogens (tertiary/aromatic N) is 4. The molecule has 4 N–H and O–H groups in total. The van der Waals surface area contributed by atoms with Crippen molar-refractivity contribution in [1.82, 2.24) is 41.5 Å². The number of aromatic nitrogens is 5. The molecular weight excluding hydrogens is 288 g/mol. The zero-order chi connectivity index (χ0) is 15.4. The van der Waals surface area contributed by atoms with Crippen LogP contribution in [0.5, 0.6) is 0 Å². The van der Waals surface area contributed by atoms with E-state index in [-0.39, 0.29) is 12.2 Å². The van der Waals surface area contributed by atoms with Gasteiger partial charge in [-0.2, -0.15) is 10.2 Å². The standard InChI is InChI=1S/C12H14N8O2/c21-11(8-2-1-5-14-16-8)19-20-12(22)13-6-9-15-10(18-17-9)7-3-4-7/h1-2,5,7H,3-4,6H2,(H,19,21)(H2,13,20,22)(H,15,17,18). The topological polar surface area (TPSA) is 138 Å². The Morgan fingerprint density at radius 1 is 1.32 bits per heavy atom. The molecule has 1 saturated carbocycles. The average Bonchev–Trinajstić information content (AvgIpc) is 3.30. The number of rotatable bonds is 4. The van der Waals surface area contributed by atoms with Crippen LogP contribution in [0.3, 0.4) is 0 Å². The Bertz CT molecular complexity index is 667. The number of carbonyl (C=O) groups excluding carboxylic acids is 2. The van der Waals surface area contributed by atoms with Crippen molar-refractivity contribution in [3.63, 3.8) is 0 Å². The van der Waals surface area contributed by atoms with Gasteiger partial charge < -0.3 is 5.32 Å². The molecule has 2 aromatic rings. The van der Waals surface area contributed by atoms with Crippen LogP contribution in [0.15, 0.2) is 18.3 Å². The maximum absolute atomic E-state index is 11.6. The summed E-state index contributed by atoms with van der Waals surface area (Å²) in [5, 5.41) is 16.6. The first-order valence-electron chi connectivity index (χ1n) is 6.75. The van der Waals surface area contributed by atoms with Crippen molar-refractivity contribution in [3.05, 3.63) is 35.7 Å². The second-order valence-electron chi connectivity index (χ2n) is 4.79. The summed E-state index contributed by atoms with van der Waals surface area (Å²) in [5.41, 5.74) is 4.54. The van der Waals surface area contributed by atoms with Crippen molar-refractivity contribution in [1.29, 1.82) is 0 Å². The van der Waals surface area contributed by atoms with E-state index < -0.39 is 11.9 Å². The first-order valence-corrected chi connectivity index (χ1v) is 6.75. The number of amides is 3. The van der Waals surface area contributed by atoms with Crippen molar-refractivity contribution in [2.75, 3.05) is 0 Å². The molecule has 0 radical (unpaired) electrons. The van der Waals surface area contributed by atoms with E-state index in [0.29, 0.717) is 11.7 Å². The van der Waals surface area contributed by atoms with E-state index in [9.17, 15) is 9.59 Å². The van der Waals surface area contributed by atoms with Gasteiger partial charge in [0.25, 0.3) is 5.91 Å². The molecule has 0 spiro atoms. The highest BCUT2D eigenvalue weighted by Crippen LogP contribution is 2.37. The summed E-state index contributed by atoms with van der Waals surface area (Å²) >= 11 is 0. The molecule has 0 aliphatic heterocycles. The van der Waals surface area contributed by atoms with Crippen molar-refractivity contribution in [3.8, 4) is 0 Å². The molecule has 2 heterocycles. The monoisotopic (exact) mass is 302 g/mol. The summed E-state index contributed by atoms with van der Waals surface area (Å²) < 4.78 is 0. The molecular formula is C12H14N8O2. The molecule has 3 amide bonds. The second-order valence-corrected chi connectivity index (χ2v) is 4.79. The van der Waals surface area contributed by atoms with Crippen LogP contribution in [0.25, 0.3) is 0 Å². The SMILES string of the molecule is O=C(NCc1nc(C2CC2)n[nH]1)NNC(=O)c1cccnn1. The number of H-pyrrole nitrogens is 1. The van der Waals surface area contributed by atoms with E-state index in [4.69, 9.17) is 0 Å². The maximum atomic E-state index is 11.6. The molecule has 1 aliphatic rings. The Kier molecular flexibility index (Phi) is 3.90. The Balaban J connectivity index is 1.41. The summed E-state index contributed by atoms with van der Waals surface area (Å²) in [6.07, 6.45) is 3.67. The highest BCUT2D eigenvalue weighted by Gasteiger charge is 2.27. The first-order chi connectivity index (χ1) is 10.7. The van der Waals surface area contributed by atoms with Crippen LogP contribution in [-0.2, 0) is 6.54 Å². The zero-order valence-corrected chi connectivity index (χ0v) is 11.5. The Hall–Kier alpha value is -3.04. The molecule has 1 aliphatic carbocycles. The van der Waals surface area contributed by atoms with Crippen LogP contribution < -0.4 is 16.2 Å². The third kappa shape index (κ3) is 3.53. The fourth-order valence-electron chi connectivity index (χ4n) is 1.72. The minimum Gasteiger partial charge on any atom is -0.329 e. The fraction of sp³-hybridized carbons (Fsp3) is 0.333. The van der Waals surface area contributed by atoms with Gasteiger partial charge in [-0.1, -0.05) is 0 Å². The third-order valence-electron chi connectivity index (χ3n) is 3.00. The lowest BCUT2D eigenvalue weighted by atomic mass is 10.4. The lowest BCUT2D eigenvalue weighted by Gasteiger charge is -2.07. The lowest BCUT2D eigenvalue weighted by Crippen LogP contribution is -2.47. The van der Waals surface area contributed by atoms with Gasteiger partial charge in [0.15, 0.2) is 11.5 Å². The zero-order valence-electron chi connectivity index (χ0n) is 11.5. The highest BCUT2D eigenvalue weighted by atomic mass is 16.2. The summed E-state index contributed by atoms with van der Waals surface area (Å²) in [7, 11) is 0. The van der Waals surface area contributed by atoms with Gasteiger partial charge in [0.1, 0.15) is 5.82 Å². The smallest absolute Gasteiger partial charge is 0.329 e. The van der Waals surface area contributed by atoms with Gasteiger partial charge in [0.2, 0.25) is 0 Å². The van der Waals surface area contributed by atoms with Crippen LogP contribution in [0.4, 0.5) is 4.79 Å². The van der Waals surface area contributed by atoms with E-state index in [1.807, 2.05) is 0 Å². The van der Waals surface area contributed by atoms with E-state index in [1.165, 1.54) is 12.3 Å². The van der Waals surface area contributed by atoms with E-state index in [2.05, 4.69) is 41.5 Å². The van der Waals surface area contributed by atoms with Crippen LogP contribution in [0.2, 0.25) is 0 Å². The summed E-state index contributed by atoms with van der Waals surface area (Å²) in [5.74, 6) is 1.24. The number of urea groups is 1. The quantitative estimate of drug-likeness (QED) is 0.568. The number of carbonyl (C=O) groups is 2. The van der Waals surface area contributed by atoms with E-state index in [1.54, 1.807) is 6.07 Å². The molecule has 0 saturated heterocycles. The van der Waals surface area contributed by atoms with Gasteiger partial charge in [-0.05, 0) is 25.0 Å². The van der Waals surface area contributed by atoms with Gasteiger partial charge in [-0.3, -0.25) is 15.3 Å². The van der Waals surface area contributed by atoms with Gasteiger partial charge in [0.05, 0.1) is 6.54 Å². The molecule has 1 fully saturated rings. The average molecular weight is 302 g/mol. The third-order valence-corrected chi connectivity index (χ3v) is 3.00. The molecule has 0 atom stereocenters. The molecule has 0 aromatic carbocycles. The van der Waals surface area contributed by atoms with Gasteiger partial charge >= 0.3 is 6.03 Å². The van der Waals surface area contributed by atoms with Crippen molar-refractivity contribution in [2.24, 2.45) is 0 Å². The Morgan fingerprint density at radius 2 is 2.18 bits per heavy atom. The van der Waals surface area contributed by atoms with Crippen LogP contribution in [-0.4, -0.2) is 37.3 Å². The summed E-state index contributed by atoms with van der Waals surface area (Å²) in [6, 6.07) is 2.49.